The molecule has 0 amide bonds. The number of para-hydroxylation sites is 2. The molecule has 1 aromatic heterocycles. The van der Waals surface area contributed by atoms with Crippen LogP contribution in [0.3, 0.4) is 0 Å². The van der Waals surface area contributed by atoms with E-state index >= 15 is 0 Å². The Morgan fingerprint density at radius 2 is 2.10 bits per heavy atom. The van der Waals surface area contributed by atoms with Crippen LogP contribution in [-0.2, 0) is 0 Å². The second kappa shape index (κ2) is 4.93. The van der Waals surface area contributed by atoms with Gasteiger partial charge in [0.25, 0.3) is 0 Å². The number of aromatic nitrogens is 1. The zero-order valence-electron chi connectivity index (χ0n) is 11.5. The van der Waals surface area contributed by atoms with Crippen LogP contribution >= 0.6 is 11.3 Å². The molecule has 4 nitrogen and oxygen atoms in total. The molecule has 4 rings (SSSR count). The van der Waals surface area contributed by atoms with Gasteiger partial charge in [-0.05, 0) is 36.8 Å². The maximum absolute atomic E-state index is 5.86. The number of nitrogens with two attached hydrogens (primary N) is 1. The standard InChI is InChI=1S/C16H15N3OS/c17-11-6-7-12-15(10-11)21-16(18-12)19-8-3-9-20-14-5-2-1-4-13(14)19/h1-2,4-7,10H,3,8-9,17H2. The summed E-state index contributed by atoms with van der Waals surface area (Å²) in [6.45, 7) is 1.65. The molecule has 5 heteroatoms. The second-order valence-corrected chi connectivity index (χ2v) is 6.05. The first-order valence-electron chi connectivity index (χ1n) is 6.97. The summed E-state index contributed by atoms with van der Waals surface area (Å²) in [5.74, 6) is 0.925. The van der Waals surface area contributed by atoms with Crippen molar-refractivity contribution in [1.82, 2.24) is 4.98 Å². The van der Waals surface area contributed by atoms with Crippen LogP contribution in [0.25, 0.3) is 10.2 Å². The lowest BCUT2D eigenvalue weighted by molar-refractivity contribution is 0.322. The zero-order chi connectivity index (χ0) is 14.2. The summed E-state index contributed by atoms with van der Waals surface area (Å²) >= 11 is 1.67. The van der Waals surface area contributed by atoms with Crippen molar-refractivity contribution in [3.8, 4) is 5.75 Å². The molecule has 21 heavy (non-hydrogen) atoms. The largest absolute Gasteiger partial charge is 0.491 e. The third-order valence-corrected chi connectivity index (χ3v) is 4.61. The number of ether oxygens (including phenoxy) is 1. The van der Waals surface area contributed by atoms with E-state index in [1.165, 1.54) is 0 Å². The van der Waals surface area contributed by atoms with Crippen molar-refractivity contribution in [3.05, 3.63) is 42.5 Å². The van der Waals surface area contributed by atoms with Gasteiger partial charge in [-0.3, -0.25) is 0 Å². The first kappa shape index (κ1) is 12.5. The van der Waals surface area contributed by atoms with Crippen LogP contribution in [0.2, 0.25) is 0 Å². The van der Waals surface area contributed by atoms with Crippen LogP contribution in [0, 0.1) is 0 Å². The van der Waals surface area contributed by atoms with Gasteiger partial charge in [0, 0.05) is 12.2 Å². The summed E-state index contributed by atoms with van der Waals surface area (Å²) in [5, 5.41) is 0.994. The van der Waals surface area contributed by atoms with E-state index in [4.69, 9.17) is 15.5 Å². The Morgan fingerprint density at radius 3 is 3.05 bits per heavy atom. The van der Waals surface area contributed by atoms with E-state index < -0.39 is 0 Å². The van der Waals surface area contributed by atoms with Gasteiger partial charge in [0.2, 0.25) is 0 Å². The number of anilines is 3. The van der Waals surface area contributed by atoms with Crippen molar-refractivity contribution in [3.63, 3.8) is 0 Å². The van der Waals surface area contributed by atoms with Crippen molar-refractivity contribution in [2.45, 2.75) is 6.42 Å². The summed E-state index contributed by atoms with van der Waals surface area (Å²) in [5.41, 5.74) is 8.71. The summed E-state index contributed by atoms with van der Waals surface area (Å²) < 4.78 is 6.93. The minimum atomic E-state index is 0.741. The number of fused-ring (bicyclic) bond motifs is 2. The van der Waals surface area contributed by atoms with Gasteiger partial charge >= 0.3 is 0 Å². The predicted octanol–water partition coefficient (Wildman–Crippen LogP) is 3.80. The molecule has 0 aliphatic carbocycles. The summed E-state index contributed by atoms with van der Waals surface area (Å²) in [6.07, 6.45) is 0.979. The minimum absolute atomic E-state index is 0.741. The molecule has 0 saturated heterocycles. The van der Waals surface area contributed by atoms with Crippen LogP contribution in [0.1, 0.15) is 6.42 Å². The number of thiazole rings is 1. The minimum Gasteiger partial charge on any atom is -0.491 e. The van der Waals surface area contributed by atoms with E-state index in [0.29, 0.717) is 0 Å². The maximum atomic E-state index is 5.86. The summed E-state index contributed by atoms with van der Waals surface area (Å²) in [4.78, 5) is 6.99. The predicted molar refractivity (Wildman–Crippen MR) is 87.6 cm³/mol. The molecule has 0 atom stereocenters. The van der Waals surface area contributed by atoms with E-state index in [-0.39, 0.29) is 0 Å². The Labute approximate surface area is 126 Å². The lowest BCUT2D eigenvalue weighted by Gasteiger charge is -2.20. The smallest absolute Gasteiger partial charge is 0.191 e. The normalized spacial score (nSPS) is 14.6. The van der Waals surface area contributed by atoms with E-state index in [1.807, 2.05) is 36.4 Å². The van der Waals surface area contributed by atoms with Crippen molar-refractivity contribution >= 4 is 38.1 Å². The van der Waals surface area contributed by atoms with Gasteiger partial charge in [0.05, 0.1) is 22.5 Å². The topological polar surface area (TPSA) is 51.4 Å². The zero-order valence-corrected chi connectivity index (χ0v) is 12.3. The van der Waals surface area contributed by atoms with Gasteiger partial charge in [-0.1, -0.05) is 23.5 Å². The molecule has 2 heterocycles. The SMILES string of the molecule is Nc1ccc2nc(N3CCCOc4ccccc43)sc2c1. The Hall–Kier alpha value is -2.27. The summed E-state index contributed by atoms with van der Waals surface area (Å²) in [6, 6.07) is 14.0. The van der Waals surface area contributed by atoms with E-state index in [2.05, 4.69) is 11.0 Å². The van der Waals surface area contributed by atoms with Crippen LogP contribution < -0.4 is 15.4 Å². The molecule has 0 fully saturated rings. The monoisotopic (exact) mass is 297 g/mol. The molecular weight excluding hydrogens is 282 g/mol. The van der Waals surface area contributed by atoms with Crippen molar-refractivity contribution in [1.29, 1.82) is 0 Å². The lowest BCUT2D eigenvalue weighted by atomic mass is 10.2. The fourth-order valence-corrected chi connectivity index (χ4v) is 3.62. The average molecular weight is 297 g/mol. The number of nitrogens with zero attached hydrogens (tertiary/aromatic N) is 2. The van der Waals surface area contributed by atoms with Crippen molar-refractivity contribution in [2.75, 3.05) is 23.8 Å². The Balaban J connectivity index is 1.84. The van der Waals surface area contributed by atoms with Gasteiger partial charge in [-0.15, -0.1) is 0 Å². The van der Waals surface area contributed by atoms with Crippen LogP contribution in [-0.4, -0.2) is 18.1 Å². The molecule has 0 unspecified atom stereocenters. The maximum Gasteiger partial charge on any atom is 0.191 e. The quantitative estimate of drug-likeness (QED) is 0.694. The number of hydrogen-bond donors (Lipinski definition) is 1. The van der Waals surface area contributed by atoms with Crippen LogP contribution in [0.4, 0.5) is 16.5 Å². The lowest BCUT2D eigenvalue weighted by Crippen LogP contribution is -2.17. The van der Waals surface area contributed by atoms with Gasteiger partial charge in [-0.25, -0.2) is 4.98 Å². The molecule has 2 N–H and O–H groups in total. The fourth-order valence-electron chi connectivity index (χ4n) is 2.57. The van der Waals surface area contributed by atoms with E-state index in [1.54, 1.807) is 11.3 Å². The highest BCUT2D eigenvalue weighted by Crippen LogP contribution is 2.39. The molecule has 1 aliphatic rings. The summed E-state index contributed by atoms with van der Waals surface area (Å²) in [7, 11) is 0. The first-order valence-corrected chi connectivity index (χ1v) is 7.78. The Bertz CT molecular complexity index is 799. The first-order chi connectivity index (χ1) is 10.3. The van der Waals surface area contributed by atoms with Crippen molar-refractivity contribution < 1.29 is 4.74 Å². The van der Waals surface area contributed by atoms with Crippen LogP contribution in [0.15, 0.2) is 42.5 Å². The molecular formula is C16H15N3OS. The molecule has 0 spiro atoms. The van der Waals surface area contributed by atoms with E-state index in [9.17, 15) is 0 Å². The fraction of sp³-hybridized carbons (Fsp3) is 0.188. The molecule has 1 aliphatic heterocycles. The Morgan fingerprint density at radius 1 is 1.19 bits per heavy atom. The highest BCUT2D eigenvalue weighted by molar-refractivity contribution is 7.22. The second-order valence-electron chi connectivity index (χ2n) is 5.04. The Kier molecular flexibility index (Phi) is 2.93. The highest BCUT2D eigenvalue weighted by atomic mass is 32.1. The van der Waals surface area contributed by atoms with Gasteiger partial charge in [0.15, 0.2) is 5.13 Å². The van der Waals surface area contributed by atoms with Gasteiger partial charge in [0.1, 0.15) is 5.75 Å². The van der Waals surface area contributed by atoms with E-state index in [0.717, 1.165) is 52.0 Å². The molecule has 2 aromatic carbocycles. The number of benzene rings is 2. The van der Waals surface area contributed by atoms with Gasteiger partial charge < -0.3 is 15.4 Å². The van der Waals surface area contributed by atoms with Crippen molar-refractivity contribution in [2.24, 2.45) is 0 Å². The van der Waals surface area contributed by atoms with Crippen LogP contribution in [0.5, 0.6) is 5.75 Å². The van der Waals surface area contributed by atoms with Gasteiger partial charge in [-0.2, -0.15) is 0 Å². The number of hydrogen-bond acceptors (Lipinski definition) is 5. The molecule has 106 valence electrons. The molecule has 0 saturated carbocycles. The molecule has 3 aromatic rings. The third kappa shape index (κ3) is 2.19. The third-order valence-electron chi connectivity index (χ3n) is 3.57. The highest BCUT2D eigenvalue weighted by Gasteiger charge is 2.20. The number of rotatable bonds is 1. The average Bonchev–Trinajstić information content (AvgIpc) is 2.78. The molecule has 0 bridgehead atoms. The molecule has 0 radical (unpaired) electrons. The number of nitrogen functional groups attached to an aromatic ring is 1.